The Balaban J connectivity index is 2.36. The molecule has 0 spiro atoms. The van der Waals surface area contributed by atoms with Crippen molar-refractivity contribution < 1.29 is 9.13 Å². The second-order valence-electron chi connectivity index (χ2n) is 3.39. The molecule has 3 N–H and O–H groups in total. The number of methoxy groups -OCH3 is 1. The van der Waals surface area contributed by atoms with E-state index in [1.54, 1.807) is 6.07 Å². The Morgan fingerprint density at radius 1 is 1.44 bits per heavy atom. The summed E-state index contributed by atoms with van der Waals surface area (Å²) in [6, 6.07) is 4.16. The number of benzene rings is 1. The van der Waals surface area contributed by atoms with E-state index in [4.69, 9.17) is 10.5 Å². The number of nitrogen functional groups attached to an aromatic ring is 1. The minimum atomic E-state index is -0.376. The van der Waals surface area contributed by atoms with Crippen molar-refractivity contribution in [1.82, 2.24) is 9.97 Å². The first kappa shape index (κ1) is 12.6. The predicted molar refractivity (Wildman–Crippen MR) is 70.4 cm³/mol. The van der Waals surface area contributed by atoms with E-state index in [2.05, 4.69) is 31.2 Å². The Labute approximate surface area is 111 Å². The van der Waals surface area contributed by atoms with E-state index in [0.717, 1.165) is 0 Å². The highest BCUT2D eigenvalue weighted by molar-refractivity contribution is 9.10. The van der Waals surface area contributed by atoms with Crippen LogP contribution in [0.5, 0.6) is 5.75 Å². The Morgan fingerprint density at radius 3 is 2.94 bits per heavy atom. The van der Waals surface area contributed by atoms with Gasteiger partial charge in [-0.25, -0.2) is 9.37 Å². The molecule has 0 aliphatic heterocycles. The zero-order chi connectivity index (χ0) is 13.1. The lowest BCUT2D eigenvalue weighted by Crippen LogP contribution is -2.02. The first-order valence-electron chi connectivity index (χ1n) is 4.98. The molecule has 7 heteroatoms. The normalized spacial score (nSPS) is 10.2. The number of ether oxygens (including phenoxy) is 1. The van der Waals surface area contributed by atoms with Gasteiger partial charge in [-0.2, -0.15) is 4.98 Å². The number of halogens is 2. The second-order valence-corrected chi connectivity index (χ2v) is 4.25. The molecule has 0 bridgehead atoms. The summed E-state index contributed by atoms with van der Waals surface area (Å²) in [5, 5.41) is 2.99. The van der Waals surface area contributed by atoms with E-state index < -0.39 is 0 Å². The molecule has 0 unspecified atom stereocenters. The highest BCUT2D eigenvalue weighted by Gasteiger charge is 2.08. The van der Waals surface area contributed by atoms with Crippen molar-refractivity contribution in [2.24, 2.45) is 0 Å². The van der Waals surface area contributed by atoms with Crippen LogP contribution in [0.2, 0.25) is 0 Å². The van der Waals surface area contributed by atoms with Gasteiger partial charge >= 0.3 is 0 Å². The molecule has 5 nitrogen and oxygen atoms in total. The van der Waals surface area contributed by atoms with Crippen molar-refractivity contribution in [3.63, 3.8) is 0 Å². The predicted octanol–water partition coefficient (Wildman–Crippen LogP) is 2.71. The maximum Gasteiger partial charge on any atom is 0.222 e. The van der Waals surface area contributed by atoms with Crippen LogP contribution < -0.4 is 15.8 Å². The highest BCUT2D eigenvalue weighted by Crippen LogP contribution is 2.30. The smallest absolute Gasteiger partial charge is 0.222 e. The van der Waals surface area contributed by atoms with E-state index >= 15 is 0 Å². The van der Waals surface area contributed by atoms with Gasteiger partial charge in [-0.1, -0.05) is 0 Å². The molecule has 2 rings (SSSR count). The fourth-order valence-electron chi connectivity index (χ4n) is 1.36. The van der Waals surface area contributed by atoms with Crippen LogP contribution in [-0.2, 0) is 0 Å². The van der Waals surface area contributed by atoms with Gasteiger partial charge in [0.15, 0.2) is 0 Å². The first-order chi connectivity index (χ1) is 8.60. The van der Waals surface area contributed by atoms with Crippen LogP contribution >= 0.6 is 15.9 Å². The van der Waals surface area contributed by atoms with Gasteiger partial charge in [-0.05, 0) is 28.1 Å². The van der Waals surface area contributed by atoms with Crippen LogP contribution in [0, 0.1) is 5.82 Å². The van der Waals surface area contributed by atoms with Crippen molar-refractivity contribution >= 4 is 33.4 Å². The SMILES string of the molecule is COc1cc(F)ccc1Nc1nc(N)ncc1Br. The van der Waals surface area contributed by atoms with Gasteiger partial charge in [-0.3, -0.25) is 0 Å². The Bertz CT molecular complexity index is 579. The van der Waals surface area contributed by atoms with Gasteiger partial charge in [0.2, 0.25) is 5.95 Å². The third-order valence-electron chi connectivity index (χ3n) is 2.18. The molecule has 94 valence electrons. The van der Waals surface area contributed by atoms with Crippen molar-refractivity contribution in [3.05, 3.63) is 34.7 Å². The number of hydrogen-bond donors (Lipinski definition) is 2. The molecule has 0 fully saturated rings. The summed E-state index contributed by atoms with van der Waals surface area (Å²) >= 11 is 3.29. The number of rotatable bonds is 3. The van der Waals surface area contributed by atoms with Crippen molar-refractivity contribution in [2.45, 2.75) is 0 Å². The molecule has 0 saturated carbocycles. The van der Waals surface area contributed by atoms with E-state index in [9.17, 15) is 4.39 Å². The largest absolute Gasteiger partial charge is 0.494 e. The van der Waals surface area contributed by atoms with Gasteiger partial charge in [-0.15, -0.1) is 0 Å². The molecule has 0 radical (unpaired) electrons. The molecule has 1 aromatic carbocycles. The topological polar surface area (TPSA) is 73.1 Å². The standard InChI is InChI=1S/C11H10BrFN4O/c1-18-9-4-6(13)2-3-8(9)16-10-7(12)5-15-11(14)17-10/h2-5H,1H3,(H3,14,15,16,17). The lowest BCUT2D eigenvalue weighted by molar-refractivity contribution is 0.413. The van der Waals surface area contributed by atoms with E-state index in [0.29, 0.717) is 21.7 Å². The summed E-state index contributed by atoms with van der Waals surface area (Å²) in [7, 11) is 1.46. The van der Waals surface area contributed by atoms with Gasteiger partial charge in [0, 0.05) is 12.3 Å². The Hall–Kier alpha value is -1.89. The molecule has 0 aliphatic rings. The molecule has 1 aromatic heterocycles. The van der Waals surface area contributed by atoms with Crippen LogP contribution in [0.3, 0.4) is 0 Å². The average molecular weight is 313 g/mol. The maximum atomic E-state index is 13.1. The van der Waals surface area contributed by atoms with Crippen LogP contribution in [0.4, 0.5) is 21.8 Å². The third kappa shape index (κ3) is 2.67. The average Bonchev–Trinajstić information content (AvgIpc) is 2.36. The second kappa shape index (κ2) is 5.18. The summed E-state index contributed by atoms with van der Waals surface area (Å²) in [6.45, 7) is 0. The van der Waals surface area contributed by atoms with Gasteiger partial charge in [0.1, 0.15) is 17.4 Å². The van der Waals surface area contributed by atoms with Crippen molar-refractivity contribution in [1.29, 1.82) is 0 Å². The van der Waals surface area contributed by atoms with E-state index in [1.807, 2.05) is 0 Å². The molecule has 0 aliphatic carbocycles. The molecule has 2 aromatic rings. The zero-order valence-corrected chi connectivity index (χ0v) is 11.0. The third-order valence-corrected chi connectivity index (χ3v) is 2.76. The molecule has 0 amide bonds. The number of nitrogens with two attached hydrogens (primary N) is 1. The summed E-state index contributed by atoms with van der Waals surface area (Å²) in [5.74, 6) is 0.618. The van der Waals surface area contributed by atoms with Gasteiger partial charge in [0.05, 0.1) is 17.3 Å². The van der Waals surface area contributed by atoms with Crippen LogP contribution in [0.25, 0.3) is 0 Å². The van der Waals surface area contributed by atoms with Crippen LogP contribution in [0.15, 0.2) is 28.9 Å². The highest BCUT2D eigenvalue weighted by atomic mass is 79.9. The summed E-state index contributed by atoms with van der Waals surface area (Å²) in [5.41, 5.74) is 6.08. The molecule has 1 heterocycles. The van der Waals surface area contributed by atoms with E-state index in [1.165, 1.54) is 25.4 Å². The number of hydrogen-bond acceptors (Lipinski definition) is 5. The molecule has 0 atom stereocenters. The monoisotopic (exact) mass is 312 g/mol. The summed E-state index contributed by atoms with van der Waals surface area (Å²) < 4.78 is 18.8. The first-order valence-corrected chi connectivity index (χ1v) is 5.78. The minimum absolute atomic E-state index is 0.141. The summed E-state index contributed by atoms with van der Waals surface area (Å²) in [6.07, 6.45) is 1.53. The number of nitrogens with one attached hydrogen (secondary N) is 1. The quantitative estimate of drug-likeness (QED) is 0.911. The minimum Gasteiger partial charge on any atom is -0.494 e. The Kier molecular flexibility index (Phi) is 3.61. The fraction of sp³-hybridized carbons (Fsp3) is 0.0909. The van der Waals surface area contributed by atoms with Gasteiger partial charge in [0.25, 0.3) is 0 Å². The molecule has 18 heavy (non-hydrogen) atoms. The lowest BCUT2D eigenvalue weighted by atomic mass is 10.3. The maximum absolute atomic E-state index is 13.1. The van der Waals surface area contributed by atoms with Crippen LogP contribution in [0.1, 0.15) is 0 Å². The Morgan fingerprint density at radius 2 is 2.22 bits per heavy atom. The molecular formula is C11H10BrFN4O. The molecule has 0 saturated heterocycles. The lowest BCUT2D eigenvalue weighted by Gasteiger charge is -2.11. The molecular weight excluding hydrogens is 303 g/mol. The van der Waals surface area contributed by atoms with E-state index in [-0.39, 0.29) is 11.8 Å². The number of nitrogens with zero attached hydrogens (tertiary/aromatic N) is 2. The van der Waals surface area contributed by atoms with Crippen LogP contribution in [-0.4, -0.2) is 17.1 Å². The summed E-state index contributed by atoms with van der Waals surface area (Å²) in [4.78, 5) is 7.85. The fourth-order valence-corrected chi connectivity index (χ4v) is 1.65. The van der Waals surface area contributed by atoms with Gasteiger partial charge < -0.3 is 15.8 Å². The number of aromatic nitrogens is 2. The van der Waals surface area contributed by atoms with Crippen molar-refractivity contribution in [3.8, 4) is 5.75 Å². The zero-order valence-electron chi connectivity index (χ0n) is 9.45. The number of anilines is 3. The van der Waals surface area contributed by atoms with Crippen molar-refractivity contribution in [2.75, 3.05) is 18.2 Å².